The van der Waals surface area contributed by atoms with Crippen LogP contribution in [0.25, 0.3) is 0 Å². The summed E-state index contributed by atoms with van der Waals surface area (Å²) in [5, 5.41) is 3.44. The zero-order chi connectivity index (χ0) is 17.0. The molecule has 122 valence electrons. The molecule has 0 heterocycles. The van der Waals surface area contributed by atoms with Gasteiger partial charge in [-0.2, -0.15) is 0 Å². The molecule has 5 heteroatoms. The Bertz CT molecular complexity index is 708. The normalized spacial score (nSPS) is 11.0. The molecule has 0 aromatic heterocycles. The van der Waals surface area contributed by atoms with Crippen LogP contribution in [0.5, 0.6) is 0 Å². The minimum atomic E-state index is -0.374. The molecular formula is C18H21ClFN3. The van der Waals surface area contributed by atoms with Crippen molar-refractivity contribution in [3.63, 3.8) is 0 Å². The van der Waals surface area contributed by atoms with Crippen LogP contribution in [0.3, 0.4) is 0 Å². The van der Waals surface area contributed by atoms with E-state index in [4.69, 9.17) is 11.6 Å². The number of anilines is 2. The Morgan fingerprint density at radius 2 is 2.00 bits per heavy atom. The first-order valence-electron chi connectivity index (χ1n) is 7.49. The van der Waals surface area contributed by atoms with Crippen molar-refractivity contribution < 1.29 is 4.39 Å². The maximum Gasteiger partial charge on any atom is 0.148 e. The lowest BCUT2D eigenvalue weighted by atomic mass is 10.1. The molecule has 2 aromatic carbocycles. The van der Waals surface area contributed by atoms with Gasteiger partial charge in [-0.15, -0.1) is 0 Å². The Hall–Kier alpha value is -2.07. The van der Waals surface area contributed by atoms with Gasteiger partial charge in [-0.05, 0) is 56.2 Å². The lowest BCUT2D eigenvalue weighted by Crippen LogP contribution is -2.14. The average Bonchev–Trinajstić information content (AvgIpc) is 2.52. The van der Waals surface area contributed by atoms with Crippen LogP contribution < -0.4 is 5.32 Å². The fourth-order valence-corrected chi connectivity index (χ4v) is 2.28. The number of hydrogen-bond donors (Lipinski definition) is 1. The number of nitrogens with one attached hydrogen (secondary N) is 1. The van der Waals surface area contributed by atoms with Gasteiger partial charge in [-0.3, -0.25) is 0 Å². The molecular weight excluding hydrogens is 313 g/mol. The highest BCUT2D eigenvalue weighted by molar-refractivity contribution is 6.33. The summed E-state index contributed by atoms with van der Waals surface area (Å²) in [5.41, 5.74) is 3.98. The molecule has 0 fully saturated rings. The van der Waals surface area contributed by atoms with Crippen molar-refractivity contribution in [3.05, 3.63) is 52.3 Å². The Balaban J connectivity index is 2.32. The lowest BCUT2D eigenvalue weighted by Gasteiger charge is -2.14. The highest BCUT2D eigenvalue weighted by Crippen LogP contribution is 2.32. The van der Waals surface area contributed by atoms with Crippen molar-refractivity contribution in [1.82, 2.24) is 4.90 Å². The molecule has 0 atom stereocenters. The molecule has 3 nitrogen and oxygen atoms in total. The summed E-state index contributed by atoms with van der Waals surface area (Å²) < 4.78 is 13.9. The summed E-state index contributed by atoms with van der Waals surface area (Å²) in [6, 6.07) is 8.57. The largest absolute Gasteiger partial charge is 0.366 e. The van der Waals surface area contributed by atoms with Crippen LogP contribution in [0.4, 0.5) is 21.5 Å². The molecule has 23 heavy (non-hydrogen) atoms. The summed E-state index contributed by atoms with van der Waals surface area (Å²) in [6.07, 6.45) is 1.81. The van der Waals surface area contributed by atoms with Gasteiger partial charge in [-0.1, -0.05) is 17.7 Å². The first kappa shape index (κ1) is 17.3. The second kappa shape index (κ2) is 7.47. The molecule has 0 unspecified atom stereocenters. The minimum absolute atomic E-state index is 0.290. The van der Waals surface area contributed by atoms with E-state index in [1.807, 2.05) is 44.3 Å². The molecule has 2 aromatic rings. The number of benzene rings is 2. The third kappa shape index (κ3) is 4.23. The predicted octanol–water partition coefficient (Wildman–Crippen LogP) is 5.45. The van der Waals surface area contributed by atoms with Crippen molar-refractivity contribution in [2.75, 3.05) is 18.9 Å². The molecule has 0 aliphatic rings. The van der Waals surface area contributed by atoms with Gasteiger partial charge in [0.25, 0.3) is 0 Å². The van der Waals surface area contributed by atoms with Gasteiger partial charge in [0, 0.05) is 19.3 Å². The molecule has 0 saturated heterocycles. The van der Waals surface area contributed by atoms with Gasteiger partial charge in [0.1, 0.15) is 5.82 Å². The first-order chi connectivity index (χ1) is 10.9. The Morgan fingerprint density at radius 3 is 2.65 bits per heavy atom. The zero-order valence-electron chi connectivity index (χ0n) is 13.8. The van der Waals surface area contributed by atoms with Crippen molar-refractivity contribution in [3.8, 4) is 0 Å². The minimum Gasteiger partial charge on any atom is -0.366 e. The Morgan fingerprint density at radius 1 is 1.26 bits per heavy atom. The second-order valence-electron chi connectivity index (χ2n) is 5.49. The molecule has 0 amide bonds. The number of aryl methyl sites for hydroxylation is 2. The number of nitrogens with zero attached hydrogens (tertiary/aromatic N) is 2. The molecule has 0 radical (unpaired) electrons. The average molecular weight is 334 g/mol. The molecule has 0 spiro atoms. The summed E-state index contributed by atoms with van der Waals surface area (Å²) in [5.74, 6) is -0.374. The summed E-state index contributed by atoms with van der Waals surface area (Å²) in [6.45, 7) is 6.90. The van der Waals surface area contributed by atoms with Gasteiger partial charge in [0.2, 0.25) is 0 Å². The molecule has 0 bridgehead atoms. The lowest BCUT2D eigenvalue weighted by molar-refractivity contribution is 0.552. The van der Waals surface area contributed by atoms with E-state index in [0.29, 0.717) is 10.7 Å². The number of rotatable bonds is 5. The van der Waals surface area contributed by atoms with Crippen LogP contribution in [0.2, 0.25) is 5.02 Å². The highest BCUT2D eigenvalue weighted by atomic mass is 35.5. The number of aliphatic imine (C=N–C) groups is 1. The third-order valence-corrected chi connectivity index (χ3v) is 3.97. The van der Waals surface area contributed by atoms with Crippen LogP contribution >= 0.6 is 11.6 Å². The fraction of sp³-hybridized carbons (Fsp3) is 0.278. The molecule has 0 saturated carbocycles. The fourth-order valence-electron chi connectivity index (χ4n) is 2.07. The third-order valence-electron chi connectivity index (χ3n) is 3.66. The smallest absolute Gasteiger partial charge is 0.148 e. The molecule has 1 N–H and O–H groups in total. The van der Waals surface area contributed by atoms with Crippen molar-refractivity contribution in [2.24, 2.45) is 4.99 Å². The summed E-state index contributed by atoms with van der Waals surface area (Å²) in [7, 11) is 1.97. The quantitative estimate of drug-likeness (QED) is 0.582. The predicted molar refractivity (Wildman–Crippen MR) is 97.1 cm³/mol. The van der Waals surface area contributed by atoms with E-state index in [2.05, 4.69) is 17.2 Å². The van der Waals surface area contributed by atoms with Crippen LogP contribution in [0.1, 0.15) is 18.1 Å². The number of halogens is 2. The summed E-state index contributed by atoms with van der Waals surface area (Å²) in [4.78, 5) is 6.49. The van der Waals surface area contributed by atoms with E-state index in [9.17, 15) is 4.39 Å². The van der Waals surface area contributed by atoms with E-state index < -0.39 is 0 Å². The Labute approximate surface area is 141 Å². The van der Waals surface area contributed by atoms with Crippen LogP contribution in [-0.4, -0.2) is 24.8 Å². The van der Waals surface area contributed by atoms with Crippen molar-refractivity contribution >= 4 is 35.0 Å². The summed E-state index contributed by atoms with van der Waals surface area (Å²) >= 11 is 6.07. The van der Waals surface area contributed by atoms with Gasteiger partial charge in [0.05, 0.1) is 22.7 Å². The maximum absolute atomic E-state index is 13.9. The van der Waals surface area contributed by atoms with Crippen LogP contribution in [0.15, 0.2) is 35.3 Å². The molecule has 2 rings (SSSR count). The van der Waals surface area contributed by atoms with Gasteiger partial charge >= 0.3 is 0 Å². The monoisotopic (exact) mass is 333 g/mol. The Kier molecular flexibility index (Phi) is 5.61. The molecule has 0 aliphatic heterocycles. The van der Waals surface area contributed by atoms with E-state index in [0.717, 1.165) is 29.0 Å². The number of para-hydroxylation sites is 1. The maximum atomic E-state index is 13.9. The van der Waals surface area contributed by atoms with Gasteiger partial charge < -0.3 is 10.2 Å². The van der Waals surface area contributed by atoms with Crippen molar-refractivity contribution in [2.45, 2.75) is 20.8 Å². The number of hydrogen-bond acceptors (Lipinski definition) is 2. The molecule has 0 aliphatic carbocycles. The first-order valence-corrected chi connectivity index (χ1v) is 7.87. The van der Waals surface area contributed by atoms with Gasteiger partial charge in [0.15, 0.2) is 0 Å². The standard InChI is InChI=1S/C18H21ClFN3/c1-5-23(4)11-21-16-9-13(3)17(10-12(16)2)22-18-14(19)7-6-8-15(18)20/h6-11,22H,5H2,1-4H3. The van der Waals surface area contributed by atoms with Crippen LogP contribution in [-0.2, 0) is 0 Å². The second-order valence-corrected chi connectivity index (χ2v) is 5.90. The van der Waals surface area contributed by atoms with E-state index >= 15 is 0 Å². The van der Waals surface area contributed by atoms with Gasteiger partial charge in [-0.25, -0.2) is 9.38 Å². The van der Waals surface area contributed by atoms with E-state index in [1.165, 1.54) is 6.07 Å². The van der Waals surface area contributed by atoms with E-state index in [1.54, 1.807) is 12.1 Å². The van der Waals surface area contributed by atoms with E-state index in [-0.39, 0.29) is 5.82 Å². The highest BCUT2D eigenvalue weighted by Gasteiger charge is 2.10. The SMILES string of the molecule is CCN(C)C=Nc1cc(C)c(Nc2c(F)cccc2Cl)cc1C. The zero-order valence-corrected chi connectivity index (χ0v) is 14.6. The topological polar surface area (TPSA) is 27.6 Å². The van der Waals surface area contributed by atoms with Crippen molar-refractivity contribution in [1.29, 1.82) is 0 Å². The van der Waals surface area contributed by atoms with Crippen LogP contribution in [0, 0.1) is 19.7 Å².